The maximum absolute atomic E-state index is 5.93. The molecule has 0 radical (unpaired) electrons. The Bertz CT molecular complexity index is 399. The first-order valence-electron chi connectivity index (χ1n) is 6.59. The number of hydrogen-bond acceptors (Lipinski definition) is 4. The van der Waals surface area contributed by atoms with E-state index in [1.807, 2.05) is 12.1 Å². The summed E-state index contributed by atoms with van der Waals surface area (Å²) in [4.78, 5) is 2.25. The predicted molar refractivity (Wildman–Crippen MR) is 69.9 cm³/mol. The van der Waals surface area contributed by atoms with Crippen LogP contribution in [0.1, 0.15) is 11.7 Å². The van der Waals surface area contributed by atoms with Crippen LogP contribution in [0.2, 0.25) is 0 Å². The van der Waals surface area contributed by atoms with Gasteiger partial charge in [0.05, 0.1) is 12.7 Å². The molecule has 1 unspecified atom stereocenters. The smallest absolute Gasteiger partial charge is 0.124 e. The number of nitrogens with zero attached hydrogens (tertiary/aromatic N) is 1. The van der Waals surface area contributed by atoms with Crippen molar-refractivity contribution in [1.29, 1.82) is 0 Å². The van der Waals surface area contributed by atoms with Crippen molar-refractivity contribution in [2.45, 2.75) is 12.2 Å². The number of ether oxygens (including phenoxy) is 2. The minimum absolute atomic E-state index is 0.159. The SMILES string of the molecule is CN1CC(Oc2cccc(C3CNCCO3)c2)C1. The van der Waals surface area contributed by atoms with Crippen LogP contribution < -0.4 is 10.1 Å². The van der Waals surface area contributed by atoms with Gasteiger partial charge in [-0.15, -0.1) is 0 Å². The molecular weight excluding hydrogens is 228 g/mol. The monoisotopic (exact) mass is 248 g/mol. The number of likely N-dealkylation sites (tertiary alicyclic amines) is 1. The molecule has 1 atom stereocenters. The Morgan fingerprint density at radius 3 is 3.00 bits per heavy atom. The molecule has 0 aromatic heterocycles. The van der Waals surface area contributed by atoms with Crippen LogP contribution in [-0.4, -0.2) is 50.8 Å². The average molecular weight is 248 g/mol. The van der Waals surface area contributed by atoms with Gasteiger partial charge in [-0.2, -0.15) is 0 Å². The second-order valence-electron chi connectivity index (χ2n) is 5.10. The minimum atomic E-state index is 0.159. The van der Waals surface area contributed by atoms with Crippen LogP contribution in [0.5, 0.6) is 5.75 Å². The summed E-state index contributed by atoms with van der Waals surface area (Å²) in [6.07, 6.45) is 0.502. The lowest BCUT2D eigenvalue weighted by Gasteiger charge is -2.36. The fraction of sp³-hybridized carbons (Fsp3) is 0.571. The Morgan fingerprint density at radius 1 is 1.39 bits per heavy atom. The van der Waals surface area contributed by atoms with Crippen LogP contribution in [0.15, 0.2) is 24.3 Å². The molecule has 0 saturated carbocycles. The number of benzene rings is 1. The molecule has 2 aliphatic heterocycles. The number of nitrogens with one attached hydrogen (secondary N) is 1. The first-order valence-corrected chi connectivity index (χ1v) is 6.59. The predicted octanol–water partition coefficient (Wildman–Crippen LogP) is 1.04. The normalized spacial score (nSPS) is 25.7. The lowest BCUT2D eigenvalue weighted by atomic mass is 10.1. The lowest BCUT2D eigenvalue weighted by Crippen LogP contribution is -2.51. The second kappa shape index (κ2) is 5.26. The maximum Gasteiger partial charge on any atom is 0.124 e. The van der Waals surface area contributed by atoms with Crippen LogP contribution in [0.25, 0.3) is 0 Å². The Hall–Kier alpha value is -1.10. The summed E-state index contributed by atoms with van der Waals surface area (Å²) in [6.45, 7) is 4.65. The van der Waals surface area contributed by atoms with Crippen LogP contribution in [-0.2, 0) is 4.74 Å². The molecule has 2 saturated heterocycles. The standard InChI is InChI=1S/C14H20N2O2/c1-16-9-13(10-16)18-12-4-2-3-11(7-12)14-8-15-5-6-17-14/h2-4,7,13-15H,5-6,8-10H2,1H3. The van der Waals surface area contributed by atoms with Gasteiger partial charge in [-0.05, 0) is 24.7 Å². The topological polar surface area (TPSA) is 33.7 Å². The highest BCUT2D eigenvalue weighted by molar-refractivity contribution is 5.30. The third-order valence-electron chi connectivity index (χ3n) is 3.49. The van der Waals surface area contributed by atoms with E-state index in [-0.39, 0.29) is 6.10 Å². The van der Waals surface area contributed by atoms with Gasteiger partial charge >= 0.3 is 0 Å². The summed E-state index contributed by atoms with van der Waals surface area (Å²) in [6, 6.07) is 8.29. The second-order valence-corrected chi connectivity index (χ2v) is 5.10. The van der Waals surface area contributed by atoms with Crippen molar-refractivity contribution >= 4 is 0 Å². The van der Waals surface area contributed by atoms with Crippen molar-refractivity contribution in [3.63, 3.8) is 0 Å². The zero-order valence-corrected chi connectivity index (χ0v) is 10.8. The zero-order chi connectivity index (χ0) is 12.4. The maximum atomic E-state index is 5.93. The van der Waals surface area contributed by atoms with E-state index >= 15 is 0 Å². The molecule has 0 amide bonds. The minimum Gasteiger partial charge on any atom is -0.488 e. The fourth-order valence-electron chi connectivity index (χ4n) is 2.48. The fourth-order valence-corrected chi connectivity index (χ4v) is 2.48. The highest BCUT2D eigenvalue weighted by atomic mass is 16.5. The molecule has 3 rings (SSSR count). The Labute approximate surface area is 108 Å². The highest BCUT2D eigenvalue weighted by Crippen LogP contribution is 2.24. The van der Waals surface area contributed by atoms with Crippen molar-refractivity contribution in [2.75, 3.05) is 39.8 Å². The van der Waals surface area contributed by atoms with Crippen LogP contribution in [0.3, 0.4) is 0 Å². The van der Waals surface area contributed by atoms with E-state index < -0.39 is 0 Å². The largest absolute Gasteiger partial charge is 0.488 e. The zero-order valence-electron chi connectivity index (χ0n) is 10.8. The summed E-state index contributed by atoms with van der Waals surface area (Å²) in [5.74, 6) is 0.958. The van der Waals surface area contributed by atoms with E-state index in [0.717, 1.165) is 38.5 Å². The van der Waals surface area contributed by atoms with E-state index in [4.69, 9.17) is 9.47 Å². The molecule has 0 aliphatic carbocycles. The third kappa shape index (κ3) is 2.66. The van der Waals surface area contributed by atoms with Crippen molar-refractivity contribution in [3.05, 3.63) is 29.8 Å². The van der Waals surface area contributed by atoms with Crippen molar-refractivity contribution < 1.29 is 9.47 Å². The van der Waals surface area contributed by atoms with Gasteiger partial charge in [0.1, 0.15) is 11.9 Å². The number of hydrogen-bond donors (Lipinski definition) is 1. The highest BCUT2D eigenvalue weighted by Gasteiger charge is 2.25. The molecule has 1 aromatic rings. The first kappa shape index (κ1) is 12.0. The quantitative estimate of drug-likeness (QED) is 0.866. The molecule has 2 aliphatic rings. The van der Waals surface area contributed by atoms with E-state index in [0.29, 0.717) is 6.10 Å². The van der Waals surface area contributed by atoms with Gasteiger partial charge in [-0.25, -0.2) is 0 Å². The summed E-state index contributed by atoms with van der Waals surface area (Å²) >= 11 is 0. The summed E-state index contributed by atoms with van der Waals surface area (Å²) in [5, 5.41) is 3.35. The molecule has 0 spiro atoms. The Balaban J connectivity index is 1.64. The van der Waals surface area contributed by atoms with Gasteiger partial charge in [-0.1, -0.05) is 12.1 Å². The summed E-state index contributed by atoms with van der Waals surface area (Å²) in [5.41, 5.74) is 1.20. The number of morpholine rings is 1. The molecular formula is C14H20N2O2. The molecule has 2 fully saturated rings. The number of rotatable bonds is 3. The van der Waals surface area contributed by atoms with Crippen molar-refractivity contribution in [3.8, 4) is 5.75 Å². The third-order valence-corrected chi connectivity index (χ3v) is 3.49. The van der Waals surface area contributed by atoms with E-state index in [1.54, 1.807) is 0 Å². The van der Waals surface area contributed by atoms with Crippen molar-refractivity contribution in [1.82, 2.24) is 10.2 Å². The van der Waals surface area contributed by atoms with Crippen molar-refractivity contribution in [2.24, 2.45) is 0 Å². The van der Waals surface area contributed by atoms with Crippen LogP contribution in [0, 0.1) is 0 Å². The molecule has 1 aromatic carbocycles. The van der Waals surface area contributed by atoms with Gasteiger partial charge in [0.15, 0.2) is 0 Å². The number of likely N-dealkylation sites (N-methyl/N-ethyl adjacent to an activating group) is 1. The summed E-state index contributed by atoms with van der Waals surface area (Å²) in [7, 11) is 2.11. The van der Waals surface area contributed by atoms with Crippen LogP contribution >= 0.6 is 0 Å². The van der Waals surface area contributed by atoms with Crippen LogP contribution in [0.4, 0.5) is 0 Å². The van der Waals surface area contributed by atoms with Gasteiger partial charge < -0.3 is 14.8 Å². The Morgan fingerprint density at radius 2 is 2.28 bits per heavy atom. The van der Waals surface area contributed by atoms with E-state index in [2.05, 4.69) is 29.4 Å². The molecule has 98 valence electrons. The van der Waals surface area contributed by atoms with E-state index in [1.165, 1.54) is 5.56 Å². The Kier molecular flexibility index (Phi) is 3.50. The molecule has 0 bridgehead atoms. The molecule has 4 heteroatoms. The average Bonchev–Trinajstić information content (AvgIpc) is 2.38. The lowest BCUT2D eigenvalue weighted by molar-refractivity contribution is 0.0259. The molecule has 4 nitrogen and oxygen atoms in total. The molecule has 2 heterocycles. The molecule has 18 heavy (non-hydrogen) atoms. The van der Waals surface area contributed by atoms with Gasteiger partial charge in [-0.3, -0.25) is 4.90 Å². The van der Waals surface area contributed by atoms with Gasteiger partial charge in [0.25, 0.3) is 0 Å². The first-order chi connectivity index (χ1) is 8.81. The summed E-state index contributed by atoms with van der Waals surface area (Å²) < 4.78 is 11.7. The van der Waals surface area contributed by atoms with Gasteiger partial charge in [0.2, 0.25) is 0 Å². The molecule has 1 N–H and O–H groups in total. The van der Waals surface area contributed by atoms with Gasteiger partial charge in [0, 0.05) is 26.2 Å². The van der Waals surface area contributed by atoms with E-state index in [9.17, 15) is 0 Å².